The molecule has 5 nitrogen and oxygen atoms in total. The highest BCUT2D eigenvalue weighted by atomic mass is 16.5. The summed E-state index contributed by atoms with van der Waals surface area (Å²) in [5, 5.41) is 2.48. The van der Waals surface area contributed by atoms with Crippen LogP contribution in [-0.4, -0.2) is 31.6 Å². The Kier molecular flexibility index (Phi) is 3.76. The maximum Gasteiger partial charge on any atom is 0.301 e. The average molecular weight is 262 g/mol. The maximum absolute atomic E-state index is 12.0. The number of carbonyl (C=O) groups is 1. The zero-order chi connectivity index (χ0) is 14.0. The third kappa shape index (κ3) is 2.71. The van der Waals surface area contributed by atoms with Gasteiger partial charge in [0.25, 0.3) is 0 Å². The van der Waals surface area contributed by atoms with E-state index in [9.17, 15) is 4.79 Å². The fourth-order valence-corrected chi connectivity index (χ4v) is 1.93. The second-order valence-corrected chi connectivity index (χ2v) is 4.48. The Bertz CT molecular complexity index is 602. The lowest BCUT2D eigenvalue weighted by Gasteiger charge is -2.10. The molecule has 5 heteroatoms. The molecule has 1 heterocycles. The summed E-state index contributed by atoms with van der Waals surface area (Å²) in [5.41, 5.74) is 4.17. The van der Waals surface area contributed by atoms with E-state index >= 15 is 0 Å². The van der Waals surface area contributed by atoms with E-state index in [-0.39, 0.29) is 5.91 Å². The van der Waals surface area contributed by atoms with Crippen molar-refractivity contribution in [3.8, 4) is 5.75 Å². The number of carbonyl (C=O) groups excluding carboxylic acids is 1. The van der Waals surface area contributed by atoms with Gasteiger partial charge >= 0.3 is 5.91 Å². The molecule has 0 atom stereocenters. The summed E-state index contributed by atoms with van der Waals surface area (Å²) in [6.45, 7) is 4.41. The second kappa shape index (κ2) is 5.32. The van der Waals surface area contributed by atoms with Gasteiger partial charge in [-0.1, -0.05) is 0 Å². The van der Waals surface area contributed by atoms with E-state index in [0.29, 0.717) is 18.0 Å². The van der Waals surface area contributed by atoms with Gasteiger partial charge in [0.05, 0.1) is 6.61 Å². The van der Waals surface area contributed by atoms with E-state index < -0.39 is 0 Å². The van der Waals surface area contributed by atoms with Crippen molar-refractivity contribution in [2.75, 3.05) is 20.7 Å². The molecule has 0 saturated carbocycles. The SMILES string of the molecule is CCOc1ccc2oc(C(=O)NN(C)C)c(C)c2c1. The molecule has 0 saturated heterocycles. The van der Waals surface area contributed by atoms with Crippen LogP contribution < -0.4 is 10.2 Å². The first-order chi connectivity index (χ1) is 9.02. The van der Waals surface area contributed by atoms with E-state index in [1.54, 1.807) is 19.1 Å². The highest BCUT2D eigenvalue weighted by Gasteiger charge is 2.18. The molecule has 0 fully saturated rings. The summed E-state index contributed by atoms with van der Waals surface area (Å²) >= 11 is 0. The number of ether oxygens (including phenoxy) is 1. The molecular formula is C14H18N2O3. The number of furan rings is 1. The smallest absolute Gasteiger partial charge is 0.301 e. The lowest BCUT2D eigenvalue weighted by Crippen LogP contribution is -2.36. The molecule has 0 bridgehead atoms. The van der Waals surface area contributed by atoms with Crippen LogP contribution in [0.1, 0.15) is 23.0 Å². The van der Waals surface area contributed by atoms with Gasteiger partial charge in [0.2, 0.25) is 0 Å². The zero-order valence-corrected chi connectivity index (χ0v) is 11.6. The Balaban J connectivity index is 2.42. The fraction of sp³-hybridized carbons (Fsp3) is 0.357. The lowest BCUT2D eigenvalue weighted by atomic mass is 10.1. The van der Waals surface area contributed by atoms with Gasteiger partial charge in [0.1, 0.15) is 11.3 Å². The minimum Gasteiger partial charge on any atom is -0.494 e. The average Bonchev–Trinajstić information content (AvgIpc) is 2.67. The minimum absolute atomic E-state index is 0.253. The van der Waals surface area contributed by atoms with Crippen molar-refractivity contribution < 1.29 is 13.9 Å². The normalized spacial score (nSPS) is 11.0. The number of rotatable bonds is 4. The summed E-state index contributed by atoms with van der Waals surface area (Å²) in [7, 11) is 3.51. The molecule has 2 aromatic rings. The van der Waals surface area contributed by atoms with Gasteiger partial charge in [-0.25, -0.2) is 5.01 Å². The molecule has 0 aliphatic carbocycles. The Morgan fingerprint density at radius 3 is 2.79 bits per heavy atom. The quantitative estimate of drug-likeness (QED) is 0.859. The number of fused-ring (bicyclic) bond motifs is 1. The van der Waals surface area contributed by atoms with Crippen LogP contribution in [0.3, 0.4) is 0 Å². The van der Waals surface area contributed by atoms with Gasteiger partial charge in [-0.15, -0.1) is 0 Å². The highest BCUT2D eigenvalue weighted by molar-refractivity contribution is 5.98. The van der Waals surface area contributed by atoms with Crippen molar-refractivity contribution in [3.63, 3.8) is 0 Å². The standard InChI is InChI=1S/C14H18N2O3/c1-5-18-10-6-7-12-11(8-10)9(2)13(19-12)14(17)15-16(3)4/h6-8H,5H2,1-4H3,(H,15,17). The molecular weight excluding hydrogens is 244 g/mol. The second-order valence-electron chi connectivity index (χ2n) is 4.48. The fourth-order valence-electron chi connectivity index (χ4n) is 1.93. The van der Waals surface area contributed by atoms with Gasteiger partial charge in [0.15, 0.2) is 5.76 Å². The molecule has 0 aliphatic heterocycles. The monoisotopic (exact) mass is 262 g/mol. The van der Waals surface area contributed by atoms with Gasteiger partial charge in [-0.2, -0.15) is 0 Å². The van der Waals surface area contributed by atoms with Crippen molar-refractivity contribution >= 4 is 16.9 Å². The van der Waals surface area contributed by atoms with Crippen molar-refractivity contribution in [2.24, 2.45) is 0 Å². The Labute approximate surface area is 112 Å². The van der Waals surface area contributed by atoms with Gasteiger partial charge in [-0.05, 0) is 32.0 Å². The van der Waals surface area contributed by atoms with E-state index in [0.717, 1.165) is 16.7 Å². The number of amides is 1. The molecule has 0 radical (unpaired) electrons. The summed E-state index contributed by atoms with van der Waals surface area (Å²) in [6, 6.07) is 5.55. The molecule has 0 spiro atoms. The van der Waals surface area contributed by atoms with Crippen LogP contribution in [0.25, 0.3) is 11.0 Å². The summed E-state index contributed by atoms with van der Waals surface area (Å²) in [5.74, 6) is 0.854. The predicted octanol–water partition coefficient (Wildman–Crippen LogP) is 2.35. The number of hydrazine groups is 1. The maximum atomic E-state index is 12.0. The third-order valence-electron chi connectivity index (χ3n) is 2.75. The number of nitrogens with one attached hydrogen (secondary N) is 1. The molecule has 1 aromatic heterocycles. The molecule has 2 rings (SSSR count). The van der Waals surface area contributed by atoms with Crippen LogP contribution >= 0.6 is 0 Å². The van der Waals surface area contributed by atoms with Gasteiger partial charge in [-0.3, -0.25) is 10.2 Å². The highest BCUT2D eigenvalue weighted by Crippen LogP contribution is 2.28. The van der Waals surface area contributed by atoms with Crippen molar-refractivity contribution in [3.05, 3.63) is 29.5 Å². The van der Waals surface area contributed by atoms with E-state index in [4.69, 9.17) is 9.15 Å². The van der Waals surface area contributed by atoms with Crippen molar-refractivity contribution in [2.45, 2.75) is 13.8 Å². The van der Waals surface area contributed by atoms with Crippen LogP contribution in [0.15, 0.2) is 22.6 Å². The van der Waals surface area contributed by atoms with Crippen LogP contribution in [-0.2, 0) is 0 Å². The number of benzene rings is 1. The van der Waals surface area contributed by atoms with Crippen LogP contribution in [0.4, 0.5) is 0 Å². The first-order valence-electron chi connectivity index (χ1n) is 6.17. The number of hydrogen-bond acceptors (Lipinski definition) is 4. The Morgan fingerprint density at radius 1 is 1.42 bits per heavy atom. The zero-order valence-electron chi connectivity index (χ0n) is 11.6. The van der Waals surface area contributed by atoms with Crippen LogP contribution in [0.5, 0.6) is 5.75 Å². The first-order valence-corrected chi connectivity index (χ1v) is 6.17. The van der Waals surface area contributed by atoms with E-state index in [2.05, 4.69) is 5.43 Å². The topological polar surface area (TPSA) is 54.7 Å². The van der Waals surface area contributed by atoms with Crippen molar-refractivity contribution in [1.29, 1.82) is 0 Å². The molecule has 102 valence electrons. The molecule has 1 amide bonds. The summed E-state index contributed by atoms with van der Waals surface area (Å²) in [6.07, 6.45) is 0. The van der Waals surface area contributed by atoms with Crippen LogP contribution in [0.2, 0.25) is 0 Å². The molecule has 19 heavy (non-hydrogen) atoms. The molecule has 1 aromatic carbocycles. The first kappa shape index (κ1) is 13.4. The molecule has 0 unspecified atom stereocenters. The number of aryl methyl sites for hydroxylation is 1. The third-order valence-corrected chi connectivity index (χ3v) is 2.75. The van der Waals surface area contributed by atoms with Gasteiger partial charge in [0, 0.05) is 25.0 Å². The van der Waals surface area contributed by atoms with Gasteiger partial charge < -0.3 is 9.15 Å². The predicted molar refractivity (Wildman–Crippen MR) is 73.3 cm³/mol. The minimum atomic E-state index is -0.253. The lowest BCUT2D eigenvalue weighted by molar-refractivity contribution is 0.0829. The largest absolute Gasteiger partial charge is 0.494 e. The Hall–Kier alpha value is -2.01. The van der Waals surface area contributed by atoms with Crippen LogP contribution in [0, 0.1) is 6.92 Å². The number of hydrogen-bond donors (Lipinski definition) is 1. The van der Waals surface area contributed by atoms with Crippen molar-refractivity contribution in [1.82, 2.24) is 10.4 Å². The van der Waals surface area contributed by atoms with E-state index in [1.165, 1.54) is 0 Å². The number of nitrogens with zero attached hydrogens (tertiary/aromatic N) is 1. The summed E-state index contributed by atoms with van der Waals surface area (Å²) in [4.78, 5) is 12.0. The Morgan fingerprint density at radius 2 is 2.16 bits per heavy atom. The van der Waals surface area contributed by atoms with E-state index in [1.807, 2.05) is 32.0 Å². The molecule has 0 aliphatic rings. The molecule has 1 N–H and O–H groups in total. The summed E-state index contributed by atoms with van der Waals surface area (Å²) < 4.78 is 11.1.